The Hall–Kier alpha value is -2.50. The molecule has 28 heavy (non-hydrogen) atoms. The first-order chi connectivity index (χ1) is 13.1. The molecular formula is C22H32N2O4. The molecule has 1 aromatic carbocycles. The third-order valence-electron chi connectivity index (χ3n) is 4.89. The lowest BCUT2D eigenvalue weighted by atomic mass is 10.0. The SMILES string of the molecule is CCC(CC)Cn1cc(CC(NC(=O)OC(C)(C)C)C(=O)O)c2ccccc21. The van der Waals surface area contributed by atoms with Crippen molar-refractivity contribution in [1.82, 2.24) is 9.88 Å². The number of nitrogens with one attached hydrogen (secondary N) is 1. The molecule has 154 valence electrons. The van der Waals surface area contributed by atoms with E-state index in [9.17, 15) is 14.7 Å². The fourth-order valence-electron chi connectivity index (χ4n) is 3.33. The minimum absolute atomic E-state index is 0.199. The molecule has 2 aromatic rings. The summed E-state index contributed by atoms with van der Waals surface area (Å²) in [7, 11) is 0. The standard InChI is InChI=1S/C22H32N2O4/c1-6-15(7-2)13-24-14-16(17-10-8-9-11-19(17)24)12-18(20(25)26)23-21(27)28-22(3,4)5/h8-11,14-15,18H,6-7,12-13H2,1-5H3,(H,23,27)(H,25,26). The van der Waals surface area contributed by atoms with Crippen molar-refractivity contribution < 1.29 is 19.4 Å². The number of ether oxygens (including phenoxy) is 1. The van der Waals surface area contributed by atoms with Crippen molar-refractivity contribution in [3.05, 3.63) is 36.0 Å². The summed E-state index contributed by atoms with van der Waals surface area (Å²) in [6.07, 6.45) is 3.69. The summed E-state index contributed by atoms with van der Waals surface area (Å²) in [5.41, 5.74) is 1.31. The number of carbonyl (C=O) groups is 2. The molecule has 1 aromatic heterocycles. The molecule has 0 fully saturated rings. The number of hydrogen-bond acceptors (Lipinski definition) is 3. The van der Waals surface area contributed by atoms with Gasteiger partial charge in [0.05, 0.1) is 0 Å². The number of nitrogens with zero attached hydrogens (tertiary/aromatic N) is 1. The molecule has 0 saturated heterocycles. The van der Waals surface area contributed by atoms with Gasteiger partial charge in [-0.1, -0.05) is 44.9 Å². The maximum absolute atomic E-state index is 12.1. The Balaban J connectivity index is 2.27. The summed E-state index contributed by atoms with van der Waals surface area (Å²) in [6.45, 7) is 10.5. The van der Waals surface area contributed by atoms with Gasteiger partial charge in [-0.05, 0) is 38.3 Å². The van der Waals surface area contributed by atoms with Crippen LogP contribution in [0.15, 0.2) is 30.5 Å². The molecule has 2 N–H and O–H groups in total. The number of hydrogen-bond donors (Lipinski definition) is 2. The number of carboxylic acids is 1. The maximum atomic E-state index is 12.1. The van der Waals surface area contributed by atoms with Crippen LogP contribution in [0.5, 0.6) is 0 Å². The van der Waals surface area contributed by atoms with Gasteiger partial charge in [-0.25, -0.2) is 9.59 Å². The van der Waals surface area contributed by atoms with Gasteiger partial charge in [0.25, 0.3) is 0 Å². The maximum Gasteiger partial charge on any atom is 0.408 e. The van der Waals surface area contributed by atoms with Crippen LogP contribution in [0.25, 0.3) is 10.9 Å². The van der Waals surface area contributed by atoms with Crippen molar-refractivity contribution in [2.24, 2.45) is 5.92 Å². The Morgan fingerprint density at radius 3 is 2.39 bits per heavy atom. The van der Waals surface area contributed by atoms with Crippen LogP contribution in [-0.2, 0) is 22.5 Å². The molecule has 0 saturated carbocycles. The Morgan fingerprint density at radius 2 is 1.82 bits per heavy atom. The van der Waals surface area contributed by atoms with E-state index < -0.39 is 23.7 Å². The average Bonchev–Trinajstić information content (AvgIpc) is 2.95. The van der Waals surface area contributed by atoms with E-state index in [4.69, 9.17) is 4.74 Å². The van der Waals surface area contributed by atoms with Gasteiger partial charge in [-0.15, -0.1) is 0 Å². The minimum atomic E-state index is -1.08. The topological polar surface area (TPSA) is 80.6 Å². The summed E-state index contributed by atoms with van der Waals surface area (Å²) in [5, 5.41) is 13.1. The van der Waals surface area contributed by atoms with Crippen molar-refractivity contribution in [3.63, 3.8) is 0 Å². The molecule has 0 aliphatic rings. The summed E-state index contributed by atoms with van der Waals surface area (Å²) < 4.78 is 7.41. The second-order valence-electron chi connectivity index (χ2n) is 8.25. The van der Waals surface area contributed by atoms with E-state index in [0.717, 1.165) is 35.9 Å². The largest absolute Gasteiger partial charge is 0.480 e. The molecule has 0 aliphatic carbocycles. The Labute approximate surface area is 166 Å². The van der Waals surface area contributed by atoms with Crippen LogP contribution in [0, 0.1) is 5.92 Å². The number of rotatable bonds is 8. The molecule has 0 aliphatic heterocycles. The molecule has 2 rings (SSSR count). The summed E-state index contributed by atoms with van der Waals surface area (Å²) >= 11 is 0. The lowest BCUT2D eigenvalue weighted by molar-refractivity contribution is -0.139. The highest BCUT2D eigenvalue weighted by molar-refractivity contribution is 5.86. The summed E-state index contributed by atoms with van der Waals surface area (Å²) in [5.74, 6) is -0.513. The van der Waals surface area contributed by atoms with Gasteiger partial charge in [-0.2, -0.15) is 0 Å². The molecule has 6 heteroatoms. The van der Waals surface area contributed by atoms with Crippen molar-refractivity contribution in [3.8, 4) is 0 Å². The second kappa shape index (κ2) is 9.13. The highest BCUT2D eigenvalue weighted by atomic mass is 16.6. The molecule has 0 spiro atoms. The Kier molecular flexibility index (Phi) is 7.11. The summed E-state index contributed by atoms with van der Waals surface area (Å²) in [6, 6.07) is 6.94. The van der Waals surface area contributed by atoms with E-state index in [2.05, 4.69) is 29.8 Å². The molecule has 1 atom stereocenters. The van der Waals surface area contributed by atoms with Crippen molar-refractivity contribution >= 4 is 23.0 Å². The third-order valence-corrected chi connectivity index (χ3v) is 4.89. The molecule has 1 unspecified atom stereocenters. The van der Waals surface area contributed by atoms with Gasteiger partial charge < -0.3 is 19.7 Å². The zero-order valence-corrected chi connectivity index (χ0v) is 17.5. The van der Waals surface area contributed by atoms with Gasteiger partial charge in [0, 0.05) is 30.1 Å². The van der Waals surface area contributed by atoms with Gasteiger partial charge in [0.15, 0.2) is 0 Å². The van der Waals surface area contributed by atoms with E-state index in [0.29, 0.717) is 5.92 Å². The van der Waals surface area contributed by atoms with Crippen LogP contribution >= 0.6 is 0 Å². The Morgan fingerprint density at radius 1 is 1.18 bits per heavy atom. The molecule has 1 amide bonds. The number of fused-ring (bicyclic) bond motifs is 1. The van der Waals surface area contributed by atoms with E-state index in [-0.39, 0.29) is 6.42 Å². The highest BCUT2D eigenvalue weighted by Crippen LogP contribution is 2.25. The van der Waals surface area contributed by atoms with Crippen LogP contribution in [0.3, 0.4) is 0 Å². The predicted octanol–water partition coefficient (Wildman–Crippen LogP) is 4.60. The smallest absolute Gasteiger partial charge is 0.408 e. The number of para-hydroxylation sites is 1. The van der Waals surface area contributed by atoms with E-state index in [1.54, 1.807) is 20.8 Å². The molecule has 1 heterocycles. The average molecular weight is 389 g/mol. The number of alkyl carbamates (subject to hydrolysis) is 1. The lowest BCUT2D eigenvalue weighted by Crippen LogP contribution is -2.44. The number of aromatic nitrogens is 1. The number of carboxylic acid groups (broad SMARTS) is 1. The highest BCUT2D eigenvalue weighted by Gasteiger charge is 2.25. The lowest BCUT2D eigenvalue weighted by Gasteiger charge is -2.22. The van der Waals surface area contributed by atoms with Crippen molar-refractivity contribution in [1.29, 1.82) is 0 Å². The van der Waals surface area contributed by atoms with E-state index >= 15 is 0 Å². The fraction of sp³-hybridized carbons (Fsp3) is 0.545. The quantitative estimate of drug-likeness (QED) is 0.693. The normalized spacial score (nSPS) is 12.9. The fourth-order valence-corrected chi connectivity index (χ4v) is 3.33. The molecule has 0 radical (unpaired) electrons. The van der Waals surface area contributed by atoms with Crippen LogP contribution in [-0.4, -0.2) is 33.4 Å². The van der Waals surface area contributed by atoms with Crippen molar-refractivity contribution in [2.45, 2.75) is 72.1 Å². The first-order valence-electron chi connectivity index (χ1n) is 9.93. The van der Waals surface area contributed by atoms with Gasteiger partial charge >= 0.3 is 12.1 Å². The first-order valence-corrected chi connectivity index (χ1v) is 9.93. The van der Waals surface area contributed by atoms with Gasteiger partial charge in [0.1, 0.15) is 11.6 Å². The van der Waals surface area contributed by atoms with Crippen molar-refractivity contribution in [2.75, 3.05) is 0 Å². The third kappa shape index (κ3) is 5.75. The number of benzene rings is 1. The van der Waals surface area contributed by atoms with Crippen LogP contribution in [0.2, 0.25) is 0 Å². The predicted molar refractivity (Wildman–Crippen MR) is 111 cm³/mol. The monoisotopic (exact) mass is 388 g/mol. The zero-order chi connectivity index (χ0) is 20.9. The number of amides is 1. The van der Waals surface area contributed by atoms with E-state index in [1.807, 2.05) is 24.4 Å². The molecule has 0 bridgehead atoms. The van der Waals surface area contributed by atoms with Gasteiger partial charge in [-0.3, -0.25) is 0 Å². The Bertz CT molecular complexity index is 816. The van der Waals surface area contributed by atoms with Gasteiger partial charge in [0.2, 0.25) is 0 Å². The molecule has 6 nitrogen and oxygen atoms in total. The zero-order valence-electron chi connectivity index (χ0n) is 17.5. The minimum Gasteiger partial charge on any atom is -0.480 e. The van der Waals surface area contributed by atoms with Crippen LogP contribution < -0.4 is 5.32 Å². The van der Waals surface area contributed by atoms with E-state index in [1.165, 1.54) is 0 Å². The van der Waals surface area contributed by atoms with Crippen LogP contribution in [0.1, 0.15) is 53.0 Å². The number of carbonyl (C=O) groups excluding carboxylic acids is 1. The number of aliphatic carboxylic acids is 1. The first kappa shape index (κ1) is 21.8. The second-order valence-corrected chi connectivity index (χ2v) is 8.25. The summed E-state index contributed by atoms with van der Waals surface area (Å²) in [4.78, 5) is 23.8. The molecular weight excluding hydrogens is 356 g/mol. The van der Waals surface area contributed by atoms with Crippen LogP contribution in [0.4, 0.5) is 4.79 Å².